The maximum Gasteiger partial charge on any atom is 0.225 e. The average Bonchev–Trinajstić information content (AvgIpc) is 2.91. The van der Waals surface area contributed by atoms with E-state index in [4.69, 9.17) is 11.6 Å². The first-order valence-corrected chi connectivity index (χ1v) is 9.69. The Hall–Kier alpha value is -1.69. The molecule has 3 aromatic rings. The Bertz CT molecular complexity index is 911. The van der Waals surface area contributed by atoms with Crippen molar-refractivity contribution in [3.8, 4) is 11.1 Å². The second-order valence-electron chi connectivity index (χ2n) is 6.69. The molecule has 0 radical (unpaired) electrons. The third kappa shape index (κ3) is 3.12. The first-order chi connectivity index (χ1) is 12.0. The van der Waals surface area contributed by atoms with Gasteiger partial charge in [0.25, 0.3) is 0 Å². The van der Waals surface area contributed by atoms with Crippen molar-refractivity contribution < 1.29 is 0 Å². The van der Waals surface area contributed by atoms with Crippen molar-refractivity contribution in [3.05, 3.63) is 40.0 Å². The van der Waals surface area contributed by atoms with Crippen LogP contribution in [0.5, 0.6) is 0 Å². The number of hydrogen-bond acceptors (Lipinski definition) is 5. The predicted molar refractivity (Wildman–Crippen MR) is 107 cm³/mol. The molecule has 0 unspecified atom stereocenters. The zero-order valence-corrected chi connectivity index (χ0v) is 16.3. The number of fused-ring (bicyclic) bond motifs is 1. The van der Waals surface area contributed by atoms with E-state index in [1.165, 1.54) is 21.6 Å². The number of likely N-dealkylation sites (N-methyl/N-ethyl adjacent to an activating group) is 1. The minimum absolute atomic E-state index is 0.332. The van der Waals surface area contributed by atoms with Crippen molar-refractivity contribution in [2.24, 2.45) is 0 Å². The van der Waals surface area contributed by atoms with Crippen LogP contribution in [0.25, 0.3) is 21.3 Å². The van der Waals surface area contributed by atoms with Crippen LogP contribution in [-0.4, -0.2) is 48.1 Å². The molecule has 0 spiro atoms. The van der Waals surface area contributed by atoms with Crippen LogP contribution in [0, 0.1) is 13.8 Å². The molecule has 1 aliphatic rings. The molecule has 1 aromatic carbocycles. The van der Waals surface area contributed by atoms with Crippen LogP contribution < -0.4 is 4.90 Å². The zero-order chi connectivity index (χ0) is 17.6. The summed E-state index contributed by atoms with van der Waals surface area (Å²) in [6.07, 6.45) is 0. The molecule has 1 fully saturated rings. The summed E-state index contributed by atoms with van der Waals surface area (Å²) in [6, 6.07) is 8.69. The number of thiophene rings is 1. The number of aromatic nitrogens is 2. The normalized spacial score (nSPS) is 15.9. The summed E-state index contributed by atoms with van der Waals surface area (Å²) in [4.78, 5) is 16.1. The highest BCUT2D eigenvalue weighted by Crippen LogP contribution is 2.42. The third-order valence-corrected chi connectivity index (χ3v) is 5.99. The molecule has 0 N–H and O–H groups in total. The molecule has 25 heavy (non-hydrogen) atoms. The van der Waals surface area contributed by atoms with Gasteiger partial charge in [-0.2, -0.15) is 4.98 Å². The lowest BCUT2D eigenvalue weighted by Crippen LogP contribution is -2.44. The van der Waals surface area contributed by atoms with Gasteiger partial charge in [-0.05, 0) is 38.1 Å². The molecule has 0 atom stereocenters. The molecular weight excluding hydrogens is 352 g/mol. The van der Waals surface area contributed by atoms with E-state index in [1.54, 1.807) is 11.3 Å². The van der Waals surface area contributed by atoms with Gasteiger partial charge >= 0.3 is 0 Å². The smallest absolute Gasteiger partial charge is 0.225 e. The number of aryl methyl sites for hydroxylation is 2. The number of hydrogen-bond donors (Lipinski definition) is 0. The molecule has 1 saturated heterocycles. The highest BCUT2D eigenvalue weighted by Gasteiger charge is 2.23. The predicted octanol–water partition coefficient (Wildman–Crippen LogP) is 4.38. The van der Waals surface area contributed by atoms with Crippen molar-refractivity contribution >= 4 is 39.0 Å². The van der Waals surface area contributed by atoms with Crippen LogP contribution in [-0.2, 0) is 0 Å². The Labute approximate surface area is 157 Å². The second kappa shape index (κ2) is 6.56. The summed E-state index contributed by atoms with van der Waals surface area (Å²) in [7, 11) is 2.16. The van der Waals surface area contributed by atoms with Crippen LogP contribution in [0.2, 0.25) is 5.28 Å². The molecule has 6 heteroatoms. The number of rotatable bonds is 2. The van der Waals surface area contributed by atoms with Crippen molar-refractivity contribution in [3.63, 3.8) is 0 Å². The van der Waals surface area contributed by atoms with Crippen LogP contribution in [0.3, 0.4) is 0 Å². The molecule has 3 heterocycles. The summed E-state index contributed by atoms with van der Waals surface area (Å²) in [6.45, 7) is 8.25. The van der Waals surface area contributed by atoms with Gasteiger partial charge in [-0.15, -0.1) is 11.3 Å². The quantitative estimate of drug-likeness (QED) is 0.625. The maximum absolute atomic E-state index is 6.25. The third-order valence-electron chi connectivity index (χ3n) is 4.82. The van der Waals surface area contributed by atoms with Crippen molar-refractivity contribution in [1.82, 2.24) is 14.9 Å². The van der Waals surface area contributed by atoms with Gasteiger partial charge in [0.2, 0.25) is 5.28 Å². The Morgan fingerprint density at radius 3 is 2.36 bits per heavy atom. The van der Waals surface area contributed by atoms with E-state index in [0.717, 1.165) is 42.2 Å². The van der Waals surface area contributed by atoms with Crippen molar-refractivity contribution in [1.29, 1.82) is 0 Å². The summed E-state index contributed by atoms with van der Waals surface area (Å²) in [5.41, 5.74) is 3.72. The standard InChI is InChI=1S/C19H21ClN4S/c1-12-4-6-14(7-5-12)15-13(2)25-18-16(15)17(21-19(20)22-18)24-10-8-23(3)9-11-24/h4-7H,8-11H2,1-3H3. The Morgan fingerprint density at radius 2 is 1.68 bits per heavy atom. The topological polar surface area (TPSA) is 32.3 Å². The first-order valence-electron chi connectivity index (χ1n) is 8.50. The number of anilines is 1. The maximum atomic E-state index is 6.25. The molecule has 130 valence electrons. The first kappa shape index (κ1) is 16.8. The summed E-state index contributed by atoms with van der Waals surface area (Å²) in [5, 5.41) is 1.47. The molecular formula is C19H21ClN4S. The minimum atomic E-state index is 0.332. The molecule has 4 nitrogen and oxygen atoms in total. The van der Waals surface area contributed by atoms with Crippen LogP contribution in [0.1, 0.15) is 10.4 Å². The summed E-state index contributed by atoms with van der Waals surface area (Å²) >= 11 is 7.95. The van der Waals surface area contributed by atoms with Gasteiger partial charge < -0.3 is 9.80 Å². The highest BCUT2D eigenvalue weighted by atomic mass is 35.5. The molecule has 0 bridgehead atoms. The van der Waals surface area contributed by atoms with Gasteiger partial charge in [-0.25, -0.2) is 4.98 Å². The van der Waals surface area contributed by atoms with E-state index in [2.05, 4.69) is 64.9 Å². The van der Waals surface area contributed by atoms with E-state index >= 15 is 0 Å². The summed E-state index contributed by atoms with van der Waals surface area (Å²) in [5.74, 6) is 0.975. The molecule has 0 saturated carbocycles. The minimum Gasteiger partial charge on any atom is -0.353 e. The lowest BCUT2D eigenvalue weighted by Gasteiger charge is -2.33. The zero-order valence-electron chi connectivity index (χ0n) is 14.7. The fourth-order valence-electron chi connectivity index (χ4n) is 3.38. The van der Waals surface area contributed by atoms with E-state index < -0.39 is 0 Å². The van der Waals surface area contributed by atoms with E-state index in [1.807, 2.05) is 0 Å². The molecule has 1 aliphatic heterocycles. The fourth-order valence-corrected chi connectivity index (χ4v) is 4.64. The van der Waals surface area contributed by atoms with E-state index in [0.29, 0.717) is 5.28 Å². The molecule has 0 amide bonds. The molecule has 4 rings (SSSR count). The monoisotopic (exact) mass is 372 g/mol. The molecule has 0 aliphatic carbocycles. The Kier molecular flexibility index (Phi) is 4.40. The van der Waals surface area contributed by atoms with Crippen LogP contribution >= 0.6 is 22.9 Å². The lowest BCUT2D eigenvalue weighted by molar-refractivity contribution is 0.312. The fraction of sp³-hybridized carbons (Fsp3) is 0.368. The molecule has 2 aromatic heterocycles. The van der Waals surface area contributed by atoms with Gasteiger partial charge in [0, 0.05) is 36.6 Å². The van der Waals surface area contributed by atoms with Gasteiger partial charge in [0.15, 0.2) is 0 Å². The lowest BCUT2D eigenvalue weighted by atomic mass is 10.0. The van der Waals surface area contributed by atoms with E-state index in [9.17, 15) is 0 Å². The van der Waals surface area contributed by atoms with Gasteiger partial charge in [0.1, 0.15) is 10.6 Å². The number of halogens is 1. The number of benzene rings is 1. The largest absolute Gasteiger partial charge is 0.353 e. The highest BCUT2D eigenvalue weighted by molar-refractivity contribution is 7.19. The average molecular weight is 373 g/mol. The van der Waals surface area contributed by atoms with Gasteiger partial charge in [0.05, 0.1) is 5.39 Å². The van der Waals surface area contributed by atoms with Crippen LogP contribution in [0.4, 0.5) is 5.82 Å². The number of piperazine rings is 1. The summed E-state index contributed by atoms with van der Waals surface area (Å²) < 4.78 is 0. The van der Waals surface area contributed by atoms with Gasteiger partial charge in [-0.3, -0.25) is 0 Å². The number of nitrogens with zero attached hydrogens (tertiary/aromatic N) is 4. The van der Waals surface area contributed by atoms with Crippen LogP contribution in [0.15, 0.2) is 24.3 Å². The van der Waals surface area contributed by atoms with Crippen molar-refractivity contribution in [2.45, 2.75) is 13.8 Å². The van der Waals surface area contributed by atoms with E-state index in [-0.39, 0.29) is 0 Å². The second-order valence-corrected chi connectivity index (χ2v) is 8.23. The SMILES string of the molecule is Cc1ccc(-c2c(C)sc3nc(Cl)nc(N4CCN(C)CC4)c23)cc1. The Balaban J connectivity index is 1.91. The van der Waals surface area contributed by atoms with Crippen molar-refractivity contribution in [2.75, 3.05) is 38.1 Å². The Morgan fingerprint density at radius 1 is 1.00 bits per heavy atom. The van der Waals surface area contributed by atoms with Gasteiger partial charge in [-0.1, -0.05) is 29.8 Å².